The van der Waals surface area contributed by atoms with Crippen LogP contribution in [0.15, 0.2) is 12.1 Å². The second-order valence-corrected chi connectivity index (χ2v) is 4.33. The monoisotopic (exact) mass is 285 g/mol. The number of hydrogen-bond acceptors (Lipinski definition) is 1. The van der Waals surface area contributed by atoms with Crippen LogP contribution in [0.4, 0.5) is 5.69 Å². The van der Waals surface area contributed by atoms with Crippen LogP contribution in [0.5, 0.6) is 0 Å². The first-order valence-electron chi connectivity index (χ1n) is 4.05. The summed E-state index contributed by atoms with van der Waals surface area (Å²) in [5.41, 5.74) is 0.432. The Hall–Kier alpha value is -0.150. The first-order chi connectivity index (χ1) is 7.04. The average molecular weight is 287 g/mol. The second-order valence-electron chi connectivity index (χ2n) is 2.73. The van der Waals surface area contributed by atoms with Crippen molar-refractivity contribution in [1.29, 1.82) is 0 Å². The quantitative estimate of drug-likeness (QED) is 0.654. The van der Waals surface area contributed by atoms with Gasteiger partial charge in [0, 0.05) is 12.3 Å². The number of rotatable bonds is 3. The fourth-order valence-electron chi connectivity index (χ4n) is 0.917. The number of alkyl halides is 1. The largest absolute Gasteiger partial charge is 0.325 e. The van der Waals surface area contributed by atoms with Gasteiger partial charge in [-0.15, -0.1) is 11.6 Å². The van der Waals surface area contributed by atoms with Gasteiger partial charge in [0.15, 0.2) is 0 Å². The molecule has 0 aliphatic carbocycles. The summed E-state index contributed by atoms with van der Waals surface area (Å²) in [5.74, 6) is 0.0374. The van der Waals surface area contributed by atoms with Gasteiger partial charge >= 0.3 is 0 Å². The second kappa shape index (κ2) is 5.80. The van der Waals surface area contributed by atoms with Crippen molar-refractivity contribution in [2.24, 2.45) is 0 Å². The lowest BCUT2D eigenvalue weighted by molar-refractivity contribution is -0.115. The lowest BCUT2D eigenvalue weighted by Crippen LogP contribution is -2.11. The third-order valence-corrected chi connectivity index (χ3v) is 2.83. The van der Waals surface area contributed by atoms with E-state index in [-0.39, 0.29) is 18.2 Å². The normalized spacial score (nSPS) is 10.1. The molecule has 0 heterocycles. The van der Waals surface area contributed by atoms with Gasteiger partial charge in [-0.3, -0.25) is 4.79 Å². The molecule has 0 spiro atoms. The molecule has 82 valence electrons. The summed E-state index contributed by atoms with van der Waals surface area (Å²) >= 11 is 22.8. The lowest BCUT2D eigenvalue weighted by Gasteiger charge is -2.07. The van der Waals surface area contributed by atoms with E-state index in [0.717, 1.165) is 0 Å². The van der Waals surface area contributed by atoms with Crippen molar-refractivity contribution in [3.63, 3.8) is 0 Å². The molecule has 1 rings (SSSR count). The third-order valence-electron chi connectivity index (χ3n) is 1.61. The van der Waals surface area contributed by atoms with Crippen LogP contribution in [-0.4, -0.2) is 11.8 Å². The standard InChI is InChI=1S/C9H7Cl4NO/c10-2-1-9(15)14-8-4-6(12)5(11)3-7(8)13/h3-4H,1-2H2,(H,14,15). The highest BCUT2D eigenvalue weighted by Crippen LogP contribution is 2.32. The predicted molar refractivity (Wildman–Crippen MR) is 65.4 cm³/mol. The molecule has 0 aliphatic rings. The summed E-state index contributed by atoms with van der Waals surface area (Å²) in [4.78, 5) is 11.2. The SMILES string of the molecule is O=C(CCCl)Nc1cc(Cl)c(Cl)cc1Cl. The van der Waals surface area contributed by atoms with Gasteiger partial charge in [0.1, 0.15) is 0 Å². The third kappa shape index (κ3) is 3.72. The summed E-state index contributed by atoms with van der Waals surface area (Å²) in [6.45, 7) is 0. The van der Waals surface area contributed by atoms with Crippen LogP contribution >= 0.6 is 46.4 Å². The fraction of sp³-hybridized carbons (Fsp3) is 0.222. The zero-order chi connectivity index (χ0) is 11.4. The molecule has 2 nitrogen and oxygen atoms in total. The van der Waals surface area contributed by atoms with E-state index in [4.69, 9.17) is 46.4 Å². The van der Waals surface area contributed by atoms with Crippen molar-refractivity contribution in [2.45, 2.75) is 6.42 Å². The van der Waals surface area contributed by atoms with Crippen molar-refractivity contribution in [3.8, 4) is 0 Å². The molecule has 1 aromatic rings. The van der Waals surface area contributed by atoms with E-state index >= 15 is 0 Å². The molecule has 0 aliphatic heterocycles. The summed E-state index contributed by atoms with van der Waals surface area (Å²) < 4.78 is 0. The molecule has 0 saturated carbocycles. The molecule has 0 bridgehead atoms. The van der Waals surface area contributed by atoms with Crippen LogP contribution in [0, 0.1) is 0 Å². The Kier molecular flexibility index (Phi) is 5.00. The molecular formula is C9H7Cl4NO. The Morgan fingerprint density at radius 2 is 1.73 bits per heavy atom. The number of carbonyl (C=O) groups is 1. The summed E-state index contributed by atoms with van der Waals surface area (Å²) in [6.07, 6.45) is 0.220. The van der Waals surface area contributed by atoms with E-state index in [1.165, 1.54) is 12.1 Å². The van der Waals surface area contributed by atoms with Crippen molar-refractivity contribution in [2.75, 3.05) is 11.2 Å². The molecule has 0 unspecified atom stereocenters. The number of nitrogens with one attached hydrogen (secondary N) is 1. The van der Waals surface area contributed by atoms with Crippen LogP contribution in [-0.2, 0) is 4.79 Å². The summed E-state index contributed by atoms with van der Waals surface area (Å²) in [5, 5.41) is 3.60. The highest BCUT2D eigenvalue weighted by atomic mass is 35.5. The first-order valence-corrected chi connectivity index (χ1v) is 5.72. The van der Waals surface area contributed by atoms with Crippen molar-refractivity contribution in [3.05, 3.63) is 27.2 Å². The van der Waals surface area contributed by atoms with E-state index in [0.29, 0.717) is 20.8 Å². The van der Waals surface area contributed by atoms with Crippen LogP contribution in [0.2, 0.25) is 15.1 Å². The average Bonchev–Trinajstić information content (AvgIpc) is 2.14. The van der Waals surface area contributed by atoms with Gasteiger partial charge in [-0.25, -0.2) is 0 Å². The first kappa shape index (κ1) is 12.9. The van der Waals surface area contributed by atoms with Gasteiger partial charge in [-0.2, -0.15) is 0 Å². The van der Waals surface area contributed by atoms with E-state index in [1.54, 1.807) is 0 Å². The topological polar surface area (TPSA) is 29.1 Å². The van der Waals surface area contributed by atoms with Crippen molar-refractivity contribution < 1.29 is 4.79 Å². The molecule has 0 aromatic heterocycles. The Balaban J connectivity index is 2.86. The number of hydrogen-bond donors (Lipinski definition) is 1. The van der Waals surface area contributed by atoms with Gasteiger partial charge in [0.2, 0.25) is 5.91 Å². The minimum Gasteiger partial charge on any atom is -0.325 e. The molecule has 15 heavy (non-hydrogen) atoms. The summed E-state index contributed by atoms with van der Waals surface area (Å²) in [6, 6.07) is 2.97. The molecule has 1 N–H and O–H groups in total. The Morgan fingerprint density at radius 3 is 2.33 bits per heavy atom. The van der Waals surface area contributed by atoms with Crippen molar-refractivity contribution in [1.82, 2.24) is 0 Å². The fourth-order valence-corrected chi connectivity index (χ4v) is 1.68. The smallest absolute Gasteiger partial charge is 0.225 e. The van der Waals surface area contributed by atoms with E-state index < -0.39 is 0 Å². The molecule has 1 aromatic carbocycles. The molecule has 1 amide bonds. The molecular weight excluding hydrogens is 280 g/mol. The highest BCUT2D eigenvalue weighted by molar-refractivity contribution is 6.44. The maximum atomic E-state index is 11.2. The molecule has 6 heteroatoms. The van der Waals surface area contributed by atoms with Gasteiger partial charge in [0.05, 0.1) is 20.8 Å². The lowest BCUT2D eigenvalue weighted by atomic mass is 10.3. The Morgan fingerprint density at radius 1 is 1.13 bits per heavy atom. The molecule has 0 atom stereocenters. The minimum atomic E-state index is -0.217. The van der Waals surface area contributed by atoms with Crippen LogP contribution < -0.4 is 5.32 Å². The molecule has 0 fully saturated rings. The zero-order valence-electron chi connectivity index (χ0n) is 7.49. The van der Waals surface area contributed by atoms with Crippen LogP contribution in [0.25, 0.3) is 0 Å². The molecule has 0 radical (unpaired) electrons. The predicted octanol–water partition coefficient (Wildman–Crippen LogP) is 4.21. The molecule has 0 saturated heterocycles. The Labute approximate surface area is 107 Å². The maximum absolute atomic E-state index is 11.2. The van der Waals surface area contributed by atoms with Crippen LogP contribution in [0.3, 0.4) is 0 Å². The van der Waals surface area contributed by atoms with Gasteiger partial charge in [-0.05, 0) is 12.1 Å². The number of amides is 1. The van der Waals surface area contributed by atoms with E-state index in [1.807, 2.05) is 0 Å². The number of anilines is 1. The maximum Gasteiger partial charge on any atom is 0.225 e. The summed E-state index contributed by atoms with van der Waals surface area (Å²) in [7, 11) is 0. The number of benzene rings is 1. The van der Waals surface area contributed by atoms with E-state index in [2.05, 4.69) is 5.32 Å². The van der Waals surface area contributed by atoms with Gasteiger partial charge in [0.25, 0.3) is 0 Å². The van der Waals surface area contributed by atoms with Crippen molar-refractivity contribution >= 4 is 58.0 Å². The number of halogens is 4. The van der Waals surface area contributed by atoms with E-state index in [9.17, 15) is 4.79 Å². The Bertz CT molecular complexity index is 381. The van der Waals surface area contributed by atoms with Crippen LogP contribution in [0.1, 0.15) is 6.42 Å². The highest BCUT2D eigenvalue weighted by Gasteiger charge is 2.08. The zero-order valence-corrected chi connectivity index (χ0v) is 10.5. The van der Waals surface area contributed by atoms with Gasteiger partial charge in [-0.1, -0.05) is 34.8 Å². The minimum absolute atomic E-state index is 0.217. The van der Waals surface area contributed by atoms with Gasteiger partial charge < -0.3 is 5.32 Å². The number of carbonyl (C=O) groups excluding carboxylic acids is 1.